The van der Waals surface area contributed by atoms with Crippen molar-refractivity contribution in [3.63, 3.8) is 0 Å². The molecule has 0 saturated carbocycles. The Morgan fingerprint density at radius 2 is 1.95 bits per heavy atom. The van der Waals surface area contributed by atoms with Crippen LogP contribution in [0.25, 0.3) is 10.9 Å². The van der Waals surface area contributed by atoms with E-state index in [0.29, 0.717) is 24.9 Å². The number of carbonyl (C=O) groups is 3. The molecule has 2 atom stereocenters. The van der Waals surface area contributed by atoms with Gasteiger partial charge in [-0.3, -0.25) is 9.59 Å². The molecule has 3 N–H and O–H groups in total. The lowest BCUT2D eigenvalue weighted by molar-refractivity contribution is -0.140. The quantitative estimate of drug-likeness (QED) is 0.426. The largest absolute Gasteiger partial charge is 0.444 e. The van der Waals surface area contributed by atoms with Crippen LogP contribution in [0.3, 0.4) is 0 Å². The highest BCUT2D eigenvalue weighted by molar-refractivity contribution is 6.30. The maximum absolute atomic E-state index is 14.3. The summed E-state index contributed by atoms with van der Waals surface area (Å²) in [5, 5.41) is 6.17. The first-order valence-corrected chi connectivity index (χ1v) is 12.5. The number of nitrogens with zero attached hydrogens (tertiary/aromatic N) is 1. The van der Waals surface area contributed by atoms with Gasteiger partial charge in [-0.25, -0.2) is 9.18 Å². The van der Waals surface area contributed by atoms with Gasteiger partial charge in [-0.15, -0.1) is 0 Å². The van der Waals surface area contributed by atoms with E-state index in [1.807, 2.05) is 24.3 Å². The molecule has 0 radical (unpaired) electrons. The number of carbonyl (C=O) groups excluding carboxylic acids is 3. The highest BCUT2D eigenvalue weighted by Gasteiger charge is 2.39. The minimum atomic E-state index is -1.08. The predicted octanol–water partition coefficient (Wildman–Crippen LogP) is 4.83. The molecule has 2 aromatic carbocycles. The van der Waals surface area contributed by atoms with Gasteiger partial charge in [-0.2, -0.15) is 0 Å². The number of hydrogen-bond acceptors (Lipinski definition) is 4. The van der Waals surface area contributed by atoms with E-state index in [1.165, 1.54) is 17.0 Å². The molecule has 0 aliphatic carbocycles. The second kappa shape index (κ2) is 10.8. The van der Waals surface area contributed by atoms with Crippen molar-refractivity contribution in [1.82, 2.24) is 20.5 Å². The molecule has 2 heterocycles. The minimum Gasteiger partial charge on any atom is -0.444 e. The van der Waals surface area contributed by atoms with Crippen molar-refractivity contribution in [3.8, 4) is 0 Å². The first-order chi connectivity index (χ1) is 17.5. The average molecular weight is 529 g/mol. The Hall–Kier alpha value is -3.59. The molecule has 37 heavy (non-hydrogen) atoms. The third-order valence-corrected chi connectivity index (χ3v) is 6.46. The molecule has 1 aromatic heterocycles. The fourth-order valence-electron chi connectivity index (χ4n) is 4.48. The molecule has 0 spiro atoms. The molecule has 1 unspecified atom stereocenters. The summed E-state index contributed by atoms with van der Waals surface area (Å²) in [4.78, 5) is 44.3. The summed E-state index contributed by atoms with van der Waals surface area (Å²) in [6.45, 7) is 5.49. The molecule has 3 aromatic rings. The number of fused-ring (bicyclic) bond motifs is 1. The number of amides is 3. The number of rotatable bonds is 6. The highest BCUT2D eigenvalue weighted by atomic mass is 35.5. The maximum atomic E-state index is 14.3. The van der Waals surface area contributed by atoms with E-state index >= 15 is 0 Å². The van der Waals surface area contributed by atoms with E-state index in [4.69, 9.17) is 16.3 Å². The predicted molar refractivity (Wildman–Crippen MR) is 138 cm³/mol. The molecule has 1 fully saturated rings. The van der Waals surface area contributed by atoms with Crippen LogP contribution in [0.5, 0.6) is 0 Å². The maximum Gasteiger partial charge on any atom is 0.408 e. The van der Waals surface area contributed by atoms with Crippen molar-refractivity contribution in [2.75, 3.05) is 6.54 Å². The summed E-state index contributed by atoms with van der Waals surface area (Å²) in [6, 6.07) is 10.2. The van der Waals surface area contributed by atoms with Crippen molar-refractivity contribution in [1.29, 1.82) is 0 Å². The Morgan fingerprint density at radius 3 is 2.70 bits per heavy atom. The summed E-state index contributed by atoms with van der Waals surface area (Å²) in [5.74, 6) is -1.42. The number of alkyl carbamates (subject to hydrolysis) is 1. The van der Waals surface area contributed by atoms with Crippen molar-refractivity contribution in [2.24, 2.45) is 0 Å². The van der Waals surface area contributed by atoms with Crippen LogP contribution in [-0.4, -0.2) is 46.0 Å². The molecular formula is C27H30ClFN4O4. The van der Waals surface area contributed by atoms with E-state index in [9.17, 15) is 18.8 Å². The summed E-state index contributed by atoms with van der Waals surface area (Å²) in [7, 11) is 0. The van der Waals surface area contributed by atoms with E-state index in [2.05, 4.69) is 15.6 Å². The van der Waals surface area contributed by atoms with Crippen LogP contribution in [0.2, 0.25) is 5.02 Å². The number of ether oxygens (including phenoxy) is 1. The van der Waals surface area contributed by atoms with Gasteiger partial charge in [0.15, 0.2) is 0 Å². The van der Waals surface area contributed by atoms with Gasteiger partial charge in [-0.05, 0) is 45.7 Å². The van der Waals surface area contributed by atoms with E-state index in [1.54, 1.807) is 33.0 Å². The fourth-order valence-corrected chi connectivity index (χ4v) is 4.68. The van der Waals surface area contributed by atoms with Crippen LogP contribution in [0, 0.1) is 5.82 Å². The third kappa shape index (κ3) is 6.05. The Labute approximate surface area is 219 Å². The number of benzene rings is 2. The Kier molecular flexibility index (Phi) is 7.73. The number of halogens is 2. The van der Waals surface area contributed by atoms with E-state index in [0.717, 1.165) is 10.9 Å². The summed E-state index contributed by atoms with van der Waals surface area (Å²) >= 11 is 5.84. The Morgan fingerprint density at radius 1 is 1.19 bits per heavy atom. The SMILES string of the molecule is CC(C)(C)OC(=O)NC(C(=O)N1CCC[C@H]1C(=O)NCc1cccc(Cl)c1F)c1c[nH]c2ccccc12. The zero-order valence-electron chi connectivity index (χ0n) is 20.9. The number of aromatic amines is 1. The van der Waals surface area contributed by atoms with Gasteiger partial charge in [0.05, 0.1) is 5.02 Å². The molecule has 10 heteroatoms. The number of para-hydroxylation sites is 1. The zero-order chi connectivity index (χ0) is 26.7. The van der Waals surface area contributed by atoms with Crippen LogP contribution in [0.1, 0.15) is 50.8 Å². The molecule has 196 valence electrons. The molecule has 1 aliphatic heterocycles. The van der Waals surface area contributed by atoms with Crippen molar-refractivity contribution in [3.05, 3.63) is 70.6 Å². The molecule has 3 amide bonds. The van der Waals surface area contributed by atoms with Gasteiger partial charge in [0.25, 0.3) is 5.91 Å². The molecule has 0 bridgehead atoms. The van der Waals surface area contributed by atoms with Crippen LogP contribution in [0.4, 0.5) is 9.18 Å². The lowest BCUT2D eigenvalue weighted by Crippen LogP contribution is -2.50. The van der Waals surface area contributed by atoms with Gasteiger partial charge in [0.2, 0.25) is 5.91 Å². The number of nitrogens with one attached hydrogen (secondary N) is 3. The highest BCUT2D eigenvalue weighted by Crippen LogP contribution is 2.29. The van der Waals surface area contributed by atoms with Gasteiger partial charge < -0.3 is 25.3 Å². The summed E-state index contributed by atoms with van der Waals surface area (Å²) in [6.07, 6.45) is 2.00. The topological polar surface area (TPSA) is 104 Å². The first kappa shape index (κ1) is 26.5. The third-order valence-electron chi connectivity index (χ3n) is 6.16. The summed E-state index contributed by atoms with van der Waals surface area (Å²) in [5.41, 5.74) is 0.864. The number of aromatic nitrogens is 1. The van der Waals surface area contributed by atoms with Crippen molar-refractivity contribution in [2.45, 2.75) is 57.8 Å². The molecule has 4 rings (SSSR count). The van der Waals surface area contributed by atoms with E-state index in [-0.39, 0.29) is 17.1 Å². The molecule has 1 saturated heterocycles. The van der Waals surface area contributed by atoms with Crippen molar-refractivity contribution < 1.29 is 23.5 Å². The second-order valence-electron chi connectivity index (χ2n) is 9.99. The smallest absolute Gasteiger partial charge is 0.408 e. The number of H-pyrrole nitrogens is 1. The van der Waals surface area contributed by atoms with Crippen LogP contribution in [-0.2, 0) is 20.9 Å². The fraction of sp³-hybridized carbons (Fsp3) is 0.370. The first-order valence-electron chi connectivity index (χ1n) is 12.1. The molecular weight excluding hydrogens is 499 g/mol. The van der Waals surface area contributed by atoms with Gasteiger partial charge in [-0.1, -0.05) is 41.9 Å². The zero-order valence-corrected chi connectivity index (χ0v) is 21.7. The number of likely N-dealkylation sites (tertiary alicyclic amines) is 1. The average Bonchev–Trinajstić information content (AvgIpc) is 3.49. The Bertz CT molecular complexity index is 1320. The molecule has 8 nitrogen and oxygen atoms in total. The number of hydrogen-bond donors (Lipinski definition) is 3. The van der Waals surface area contributed by atoms with Crippen molar-refractivity contribution >= 4 is 40.4 Å². The lowest BCUT2D eigenvalue weighted by atomic mass is 10.0. The Balaban J connectivity index is 1.56. The minimum absolute atomic E-state index is 0.0285. The van der Waals surface area contributed by atoms with E-state index < -0.39 is 41.4 Å². The van der Waals surface area contributed by atoms with Crippen LogP contribution < -0.4 is 10.6 Å². The lowest BCUT2D eigenvalue weighted by Gasteiger charge is -2.29. The van der Waals surface area contributed by atoms with Crippen LogP contribution in [0.15, 0.2) is 48.7 Å². The normalized spacial score (nSPS) is 16.5. The van der Waals surface area contributed by atoms with Crippen LogP contribution >= 0.6 is 11.6 Å². The second-order valence-corrected chi connectivity index (χ2v) is 10.4. The van der Waals surface area contributed by atoms with Gasteiger partial charge in [0.1, 0.15) is 23.5 Å². The standard InChI is InChI=1S/C27H30ClFN4O4/c1-27(2,3)37-26(36)32-23(18-15-30-20-11-5-4-9-17(18)20)25(35)33-13-7-12-21(33)24(34)31-14-16-8-6-10-19(28)22(16)29/h4-6,8-11,15,21,23,30H,7,12-14H2,1-3H3,(H,31,34)(H,32,36)/t21-,23?/m0/s1. The van der Waals surface area contributed by atoms with Gasteiger partial charge in [0, 0.05) is 41.3 Å². The monoisotopic (exact) mass is 528 g/mol. The summed E-state index contributed by atoms with van der Waals surface area (Å²) < 4.78 is 19.7. The van der Waals surface area contributed by atoms with Gasteiger partial charge >= 0.3 is 6.09 Å². The molecule has 1 aliphatic rings.